The molecular weight excluding hydrogens is 360 g/mol. The quantitative estimate of drug-likeness (QED) is 0.561. The number of hydrogen-bond donors (Lipinski definition) is 2. The van der Waals surface area contributed by atoms with E-state index in [4.69, 9.17) is 10.7 Å². The molecule has 5 heteroatoms. The van der Waals surface area contributed by atoms with Crippen LogP contribution < -0.4 is 11.1 Å². The Morgan fingerprint density at radius 1 is 1.14 bits per heavy atom. The lowest BCUT2D eigenvalue weighted by Crippen LogP contribution is -2.47. The van der Waals surface area contributed by atoms with E-state index in [-0.39, 0.29) is 11.8 Å². The van der Waals surface area contributed by atoms with E-state index in [1.165, 1.54) is 11.1 Å². The van der Waals surface area contributed by atoms with Crippen molar-refractivity contribution in [2.45, 2.75) is 32.1 Å². The summed E-state index contributed by atoms with van der Waals surface area (Å²) in [5.41, 5.74) is 7.96. The molecule has 3 rings (SSSR count). The van der Waals surface area contributed by atoms with Crippen LogP contribution in [-0.2, 0) is 4.79 Å². The standard InChI is InChI=1S/C24H32N4O/c1-2-26-24(28-15-9-10-19(18-28)16-23(25)29)27-17-22(20-11-5-3-6-12-20)21-13-7-4-8-14-21/h3-8,11-14,19,22H,2,9-10,15-18H2,1H3,(H2,25,29)(H,26,27). The molecule has 0 aliphatic carbocycles. The number of primary amides is 1. The highest BCUT2D eigenvalue weighted by Crippen LogP contribution is 2.25. The third-order valence-corrected chi connectivity index (χ3v) is 5.47. The number of guanidine groups is 1. The molecule has 154 valence electrons. The Hall–Kier alpha value is -2.82. The second kappa shape index (κ2) is 10.6. The second-order valence-corrected chi connectivity index (χ2v) is 7.69. The van der Waals surface area contributed by atoms with Crippen molar-refractivity contribution >= 4 is 11.9 Å². The molecule has 1 amide bonds. The smallest absolute Gasteiger partial charge is 0.217 e. The number of benzene rings is 2. The molecule has 1 saturated heterocycles. The van der Waals surface area contributed by atoms with Gasteiger partial charge in [-0.2, -0.15) is 0 Å². The average molecular weight is 393 g/mol. The Bertz CT molecular complexity index is 752. The summed E-state index contributed by atoms with van der Waals surface area (Å²) in [5, 5.41) is 3.44. The molecule has 2 aromatic carbocycles. The minimum Gasteiger partial charge on any atom is -0.370 e. The number of amides is 1. The van der Waals surface area contributed by atoms with Gasteiger partial charge in [0.2, 0.25) is 5.91 Å². The van der Waals surface area contributed by atoms with Crippen LogP contribution in [0, 0.1) is 5.92 Å². The Morgan fingerprint density at radius 3 is 2.31 bits per heavy atom. The monoisotopic (exact) mass is 392 g/mol. The first-order valence-electron chi connectivity index (χ1n) is 10.6. The largest absolute Gasteiger partial charge is 0.370 e. The van der Waals surface area contributed by atoms with E-state index in [1.54, 1.807) is 0 Å². The van der Waals surface area contributed by atoms with Crippen molar-refractivity contribution in [1.29, 1.82) is 0 Å². The summed E-state index contributed by atoms with van der Waals surface area (Å²) in [4.78, 5) is 18.7. The van der Waals surface area contributed by atoms with Gasteiger partial charge in [0.1, 0.15) is 0 Å². The van der Waals surface area contributed by atoms with Gasteiger partial charge in [-0.15, -0.1) is 0 Å². The normalized spacial score (nSPS) is 17.4. The Morgan fingerprint density at radius 2 is 1.76 bits per heavy atom. The van der Waals surface area contributed by atoms with Gasteiger partial charge >= 0.3 is 0 Å². The molecule has 0 saturated carbocycles. The summed E-state index contributed by atoms with van der Waals surface area (Å²) in [7, 11) is 0. The zero-order chi connectivity index (χ0) is 20.5. The molecule has 29 heavy (non-hydrogen) atoms. The first kappa shape index (κ1) is 20.9. The molecule has 1 atom stereocenters. The molecule has 0 aromatic heterocycles. The summed E-state index contributed by atoms with van der Waals surface area (Å²) >= 11 is 0. The van der Waals surface area contributed by atoms with E-state index in [0.717, 1.165) is 38.4 Å². The van der Waals surface area contributed by atoms with Crippen LogP contribution in [0.1, 0.15) is 43.2 Å². The topological polar surface area (TPSA) is 70.7 Å². The maximum atomic E-state index is 11.4. The van der Waals surface area contributed by atoms with E-state index >= 15 is 0 Å². The SMILES string of the molecule is CCNC(=NCC(c1ccccc1)c1ccccc1)N1CCCC(CC(N)=O)C1. The zero-order valence-electron chi connectivity index (χ0n) is 17.3. The number of aliphatic imine (C=N–C) groups is 1. The lowest BCUT2D eigenvalue weighted by Gasteiger charge is -2.35. The fraction of sp³-hybridized carbons (Fsp3) is 0.417. The van der Waals surface area contributed by atoms with Gasteiger partial charge < -0.3 is 16.0 Å². The van der Waals surface area contributed by atoms with E-state index in [2.05, 4.69) is 65.7 Å². The van der Waals surface area contributed by atoms with Crippen molar-refractivity contribution in [3.8, 4) is 0 Å². The van der Waals surface area contributed by atoms with Gasteiger partial charge in [0.25, 0.3) is 0 Å². The summed E-state index contributed by atoms with van der Waals surface area (Å²) in [5.74, 6) is 1.23. The highest BCUT2D eigenvalue weighted by Gasteiger charge is 2.24. The number of carbonyl (C=O) groups excluding carboxylic acids is 1. The molecule has 5 nitrogen and oxygen atoms in total. The van der Waals surface area contributed by atoms with Crippen molar-refractivity contribution in [3.63, 3.8) is 0 Å². The highest BCUT2D eigenvalue weighted by molar-refractivity contribution is 5.80. The summed E-state index contributed by atoms with van der Waals surface area (Å²) in [6.45, 7) is 5.37. The van der Waals surface area contributed by atoms with Gasteiger partial charge in [0.05, 0.1) is 6.54 Å². The fourth-order valence-corrected chi connectivity index (χ4v) is 4.09. The van der Waals surface area contributed by atoms with Crippen LogP contribution in [0.25, 0.3) is 0 Å². The van der Waals surface area contributed by atoms with Gasteiger partial charge in [-0.1, -0.05) is 60.7 Å². The minimum absolute atomic E-state index is 0.206. The van der Waals surface area contributed by atoms with E-state index in [1.807, 2.05) is 12.1 Å². The van der Waals surface area contributed by atoms with Crippen LogP contribution in [0.3, 0.4) is 0 Å². The molecule has 1 aliphatic heterocycles. The lowest BCUT2D eigenvalue weighted by atomic mass is 9.91. The van der Waals surface area contributed by atoms with Gasteiger partial charge in [-0.05, 0) is 36.8 Å². The van der Waals surface area contributed by atoms with Crippen molar-refractivity contribution < 1.29 is 4.79 Å². The fourth-order valence-electron chi connectivity index (χ4n) is 4.09. The maximum Gasteiger partial charge on any atom is 0.217 e. The molecule has 1 fully saturated rings. The molecule has 0 bridgehead atoms. The highest BCUT2D eigenvalue weighted by atomic mass is 16.1. The molecule has 0 spiro atoms. The number of nitrogens with two attached hydrogens (primary N) is 1. The number of piperidine rings is 1. The number of likely N-dealkylation sites (tertiary alicyclic amines) is 1. The van der Waals surface area contributed by atoms with Gasteiger partial charge in [0, 0.05) is 32.0 Å². The van der Waals surface area contributed by atoms with Crippen LogP contribution in [0.15, 0.2) is 65.7 Å². The van der Waals surface area contributed by atoms with Crippen LogP contribution >= 0.6 is 0 Å². The van der Waals surface area contributed by atoms with Crippen molar-refractivity contribution in [2.75, 3.05) is 26.2 Å². The predicted octanol–water partition coefficient (Wildman–Crippen LogP) is 3.37. The van der Waals surface area contributed by atoms with E-state index < -0.39 is 0 Å². The van der Waals surface area contributed by atoms with Crippen LogP contribution in [0.5, 0.6) is 0 Å². The summed E-state index contributed by atoms with van der Waals surface area (Å²) in [6, 6.07) is 21.1. The Kier molecular flexibility index (Phi) is 7.68. The zero-order valence-corrected chi connectivity index (χ0v) is 17.3. The minimum atomic E-state index is -0.216. The van der Waals surface area contributed by atoms with Crippen LogP contribution in [-0.4, -0.2) is 42.9 Å². The van der Waals surface area contributed by atoms with E-state index in [9.17, 15) is 4.79 Å². The predicted molar refractivity (Wildman–Crippen MR) is 119 cm³/mol. The van der Waals surface area contributed by atoms with E-state index in [0.29, 0.717) is 18.9 Å². The van der Waals surface area contributed by atoms with Crippen molar-refractivity contribution in [3.05, 3.63) is 71.8 Å². The number of rotatable bonds is 7. The number of hydrogen-bond acceptors (Lipinski definition) is 2. The Labute approximate surface area is 174 Å². The summed E-state index contributed by atoms with van der Waals surface area (Å²) < 4.78 is 0. The van der Waals surface area contributed by atoms with Crippen LogP contribution in [0.4, 0.5) is 0 Å². The van der Waals surface area contributed by atoms with Crippen molar-refractivity contribution in [1.82, 2.24) is 10.2 Å². The lowest BCUT2D eigenvalue weighted by molar-refractivity contribution is -0.119. The average Bonchev–Trinajstić information content (AvgIpc) is 2.74. The molecule has 0 radical (unpaired) electrons. The third kappa shape index (κ3) is 6.08. The van der Waals surface area contributed by atoms with Crippen molar-refractivity contribution in [2.24, 2.45) is 16.6 Å². The third-order valence-electron chi connectivity index (χ3n) is 5.47. The molecule has 2 aromatic rings. The molecule has 1 unspecified atom stereocenters. The Balaban J connectivity index is 1.80. The summed E-state index contributed by atoms with van der Waals surface area (Å²) in [6.07, 6.45) is 2.56. The molecular formula is C24H32N4O. The molecule has 1 heterocycles. The second-order valence-electron chi connectivity index (χ2n) is 7.69. The van der Waals surface area contributed by atoms with Gasteiger partial charge in [-0.3, -0.25) is 9.79 Å². The van der Waals surface area contributed by atoms with Gasteiger partial charge in [-0.25, -0.2) is 0 Å². The number of carbonyl (C=O) groups is 1. The first-order valence-corrected chi connectivity index (χ1v) is 10.6. The van der Waals surface area contributed by atoms with Gasteiger partial charge in [0.15, 0.2) is 5.96 Å². The number of nitrogens with one attached hydrogen (secondary N) is 1. The molecule has 1 aliphatic rings. The maximum absolute atomic E-state index is 11.4. The first-order chi connectivity index (χ1) is 14.2. The van der Waals surface area contributed by atoms with Crippen LogP contribution in [0.2, 0.25) is 0 Å². The number of nitrogens with zero attached hydrogens (tertiary/aromatic N) is 2. The molecule has 3 N–H and O–H groups in total.